The molecule has 1 amide bonds. The fourth-order valence-electron chi connectivity index (χ4n) is 4.04. The van der Waals surface area contributed by atoms with E-state index in [2.05, 4.69) is 15.1 Å². The molecule has 0 aliphatic carbocycles. The number of nitrogens with one attached hydrogen (secondary N) is 1. The van der Waals surface area contributed by atoms with Crippen LogP contribution in [0.5, 0.6) is 11.5 Å². The summed E-state index contributed by atoms with van der Waals surface area (Å²) in [5.74, 6) is 0.448. The molecule has 0 unspecified atom stereocenters. The van der Waals surface area contributed by atoms with Crippen molar-refractivity contribution < 1.29 is 18.7 Å². The Morgan fingerprint density at radius 1 is 1.00 bits per heavy atom. The Balaban J connectivity index is 1.36. The predicted octanol–water partition coefficient (Wildman–Crippen LogP) is 5.70. The molecule has 3 aromatic carbocycles. The fourth-order valence-corrected chi connectivity index (χ4v) is 4.53. The minimum absolute atomic E-state index is 0.180. The maximum Gasteiger partial charge on any atom is 0.262 e. The lowest BCUT2D eigenvalue weighted by molar-refractivity contribution is -0.118. The largest absolute Gasteiger partial charge is 0.490 e. The summed E-state index contributed by atoms with van der Waals surface area (Å²) < 4.78 is 24.8. The summed E-state index contributed by atoms with van der Waals surface area (Å²) in [7, 11) is 0. The molecule has 9 heteroatoms. The fraction of sp³-hybridized carbons (Fsp3) is 0.286. The van der Waals surface area contributed by atoms with Gasteiger partial charge in [0.1, 0.15) is 10.8 Å². The second kappa shape index (κ2) is 12.3. The van der Waals surface area contributed by atoms with Gasteiger partial charge in [0.05, 0.1) is 6.61 Å². The van der Waals surface area contributed by atoms with Gasteiger partial charge in [-0.2, -0.15) is 0 Å². The van der Waals surface area contributed by atoms with Crippen molar-refractivity contribution in [3.8, 4) is 11.5 Å². The Bertz CT molecular complexity index is 1260. The first-order valence-corrected chi connectivity index (χ1v) is 12.9. The molecule has 1 fully saturated rings. The molecule has 4 rings (SSSR count). The van der Waals surface area contributed by atoms with Gasteiger partial charge in [-0.1, -0.05) is 29.9 Å². The number of anilines is 2. The standard InChI is InChI=1S/C28H29ClFN3O3S/c1-3-35-26-16-20(28(37)33-14-12-32(13-15-33)23-9-6-21(30)7-10-23)5-11-25(26)36-18-27(34)31-22-8-4-19(2)24(29)17-22/h4-11,16-17H,3,12-15,18H2,1-2H3,(H,31,34). The molecule has 0 radical (unpaired) electrons. The number of nitrogens with zero attached hydrogens (tertiary/aromatic N) is 2. The summed E-state index contributed by atoms with van der Waals surface area (Å²) in [5, 5.41) is 3.37. The van der Waals surface area contributed by atoms with Gasteiger partial charge in [0, 0.05) is 48.1 Å². The zero-order valence-electron chi connectivity index (χ0n) is 20.8. The summed E-state index contributed by atoms with van der Waals surface area (Å²) in [4.78, 5) is 17.5. The number of piperazine rings is 1. The van der Waals surface area contributed by atoms with E-state index in [0.717, 1.165) is 48.0 Å². The van der Waals surface area contributed by atoms with E-state index in [0.29, 0.717) is 28.8 Å². The van der Waals surface area contributed by atoms with Gasteiger partial charge < -0.3 is 24.6 Å². The van der Waals surface area contributed by atoms with Crippen molar-refractivity contribution in [2.24, 2.45) is 0 Å². The molecule has 0 atom stereocenters. The normalized spacial score (nSPS) is 13.3. The molecular formula is C28H29ClFN3O3S. The Hall–Kier alpha value is -3.36. The molecule has 3 aromatic rings. The number of carbonyl (C=O) groups excluding carboxylic acids is 1. The van der Waals surface area contributed by atoms with Crippen LogP contribution in [0.2, 0.25) is 5.02 Å². The maximum absolute atomic E-state index is 13.2. The topological polar surface area (TPSA) is 54.0 Å². The molecule has 194 valence electrons. The van der Waals surface area contributed by atoms with Crippen LogP contribution in [0.25, 0.3) is 0 Å². The number of hydrogen-bond donors (Lipinski definition) is 1. The van der Waals surface area contributed by atoms with Gasteiger partial charge in [-0.25, -0.2) is 4.39 Å². The Labute approximate surface area is 226 Å². The molecule has 1 aliphatic rings. The van der Waals surface area contributed by atoms with Crippen LogP contribution in [-0.4, -0.2) is 55.2 Å². The van der Waals surface area contributed by atoms with Gasteiger partial charge in [-0.05, 0) is 74.0 Å². The number of halogens is 2. The molecule has 6 nitrogen and oxygen atoms in total. The number of benzene rings is 3. The molecule has 0 spiro atoms. The highest BCUT2D eigenvalue weighted by atomic mass is 35.5. The van der Waals surface area contributed by atoms with Gasteiger partial charge in [0.15, 0.2) is 18.1 Å². The number of amides is 1. The highest BCUT2D eigenvalue weighted by molar-refractivity contribution is 7.80. The second-order valence-corrected chi connectivity index (χ2v) is 9.44. The summed E-state index contributed by atoms with van der Waals surface area (Å²) in [6, 6.07) is 17.4. The van der Waals surface area contributed by atoms with E-state index in [-0.39, 0.29) is 18.3 Å². The molecule has 1 saturated heterocycles. The Morgan fingerprint density at radius 3 is 2.41 bits per heavy atom. The summed E-state index contributed by atoms with van der Waals surface area (Å²) in [6.07, 6.45) is 0. The van der Waals surface area contributed by atoms with Crippen molar-refractivity contribution in [3.05, 3.63) is 82.6 Å². The number of aryl methyl sites for hydroxylation is 1. The van der Waals surface area contributed by atoms with Crippen LogP contribution in [0.3, 0.4) is 0 Å². The van der Waals surface area contributed by atoms with Gasteiger partial charge in [-0.15, -0.1) is 0 Å². The van der Waals surface area contributed by atoms with Crippen LogP contribution >= 0.6 is 23.8 Å². The van der Waals surface area contributed by atoms with Crippen LogP contribution in [0.15, 0.2) is 60.7 Å². The minimum atomic E-state index is -0.305. The Kier molecular flexibility index (Phi) is 8.84. The van der Waals surface area contributed by atoms with Crippen molar-refractivity contribution >= 4 is 46.1 Å². The molecular weight excluding hydrogens is 513 g/mol. The summed E-state index contributed by atoms with van der Waals surface area (Å²) >= 11 is 11.9. The van der Waals surface area contributed by atoms with E-state index in [1.807, 2.05) is 32.0 Å². The average molecular weight is 542 g/mol. The number of ether oxygens (including phenoxy) is 2. The van der Waals surface area contributed by atoms with E-state index < -0.39 is 0 Å². The maximum atomic E-state index is 13.2. The van der Waals surface area contributed by atoms with E-state index in [9.17, 15) is 9.18 Å². The first-order chi connectivity index (χ1) is 17.8. The molecule has 0 saturated carbocycles. The van der Waals surface area contributed by atoms with E-state index in [1.165, 1.54) is 12.1 Å². The second-order valence-electron chi connectivity index (χ2n) is 8.65. The van der Waals surface area contributed by atoms with Crippen molar-refractivity contribution in [3.63, 3.8) is 0 Å². The SMILES string of the molecule is CCOc1cc(C(=S)N2CCN(c3ccc(F)cc3)CC2)ccc1OCC(=O)Nc1ccc(C)c(Cl)c1. The van der Waals surface area contributed by atoms with Crippen molar-refractivity contribution in [1.29, 1.82) is 0 Å². The highest BCUT2D eigenvalue weighted by Crippen LogP contribution is 2.30. The molecule has 0 bridgehead atoms. The van der Waals surface area contributed by atoms with E-state index >= 15 is 0 Å². The quantitative estimate of drug-likeness (QED) is 0.369. The van der Waals surface area contributed by atoms with Crippen LogP contribution in [0.4, 0.5) is 15.8 Å². The minimum Gasteiger partial charge on any atom is -0.490 e. The lowest BCUT2D eigenvalue weighted by Crippen LogP contribution is -2.48. The number of carbonyl (C=O) groups is 1. The van der Waals surface area contributed by atoms with E-state index in [4.69, 9.17) is 33.3 Å². The number of thiocarbonyl (C=S) groups is 1. The predicted molar refractivity (Wildman–Crippen MR) is 150 cm³/mol. The van der Waals surface area contributed by atoms with Crippen LogP contribution < -0.4 is 19.7 Å². The van der Waals surface area contributed by atoms with E-state index in [1.54, 1.807) is 30.3 Å². The van der Waals surface area contributed by atoms with Gasteiger partial charge >= 0.3 is 0 Å². The number of hydrogen-bond acceptors (Lipinski definition) is 5. The molecule has 1 aliphatic heterocycles. The molecule has 1 heterocycles. The van der Waals surface area contributed by atoms with Crippen LogP contribution in [-0.2, 0) is 4.79 Å². The summed E-state index contributed by atoms with van der Waals surface area (Å²) in [6.45, 7) is 7.12. The van der Waals surface area contributed by atoms with Crippen LogP contribution in [0, 0.1) is 12.7 Å². The van der Waals surface area contributed by atoms with Gasteiger partial charge in [0.2, 0.25) is 0 Å². The first kappa shape index (κ1) is 26.7. The average Bonchev–Trinajstić information content (AvgIpc) is 2.90. The van der Waals surface area contributed by atoms with Crippen molar-refractivity contribution in [2.45, 2.75) is 13.8 Å². The molecule has 0 aromatic heterocycles. The summed E-state index contributed by atoms with van der Waals surface area (Å²) in [5.41, 5.74) is 3.39. The smallest absolute Gasteiger partial charge is 0.262 e. The first-order valence-electron chi connectivity index (χ1n) is 12.1. The zero-order chi connectivity index (χ0) is 26.4. The van der Waals surface area contributed by atoms with Gasteiger partial charge in [0.25, 0.3) is 5.91 Å². The van der Waals surface area contributed by atoms with Crippen LogP contribution in [0.1, 0.15) is 18.1 Å². The third-order valence-electron chi connectivity index (χ3n) is 6.06. The highest BCUT2D eigenvalue weighted by Gasteiger charge is 2.21. The zero-order valence-corrected chi connectivity index (χ0v) is 22.4. The Morgan fingerprint density at radius 2 is 1.73 bits per heavy atom. The number of rotatable bonds is 8. The third kappa shape index (κ3) is 6.90. The van der Waals surface area contributed by atoms with Gasteiger partial charge in [-0.3, -0.25) is 4.79 Å². The lowest BCUT2D eigenvalue weighted by atomic mass is 10.1. The van der Waals surface area contributed by atoms with Crippen molar-refractivity contribution in [2.75, 3.05) is 49.6 Å². The monoisotopic (exact) mass is 541 g/mol. The third-order valence-corrected chi connectivity index (χ3v) is 6.96. The molecule has 1 N–H and O–H groups in total. The molecule has 37 heavy (non-hydrogen) atoms. The lowest BCUT2D eigenvalue weighted by Gasteiger charge is -2.37. The van der Waals surface area contributed by atoms with Crippen molar-refractivity contribution in [1.82, 2.24) is 4.90 Å².